The van der Waals surface area contributed by atoms with E-state index in [0.717, 1.165) is 31.7 Å². The summed E-state index contributed by atoms with van der Waals surface area (Å²) in [6.45, 7) is 5.28. The summed E-state index contributed by atoms with van der Waals surface area (Å²) in [6, 6.07) is 7.65. The fourth-order valence-electron chi connectivity index (χ4n) is 4.31. The lowest BCUT2D eigenvalue weighted by molar-refractivity contribution is 0.101. The van der Waals surface area contributed by atoms with Crippen molar-refractivity contribution < 1.29 is 4.79 Å². The average Bonchev–Trinajstić information content (AvgIpc) is 2.90. The van der Waals surface area contributed by atoms with Crippen LogP contribution in [0.25, 0.3) is 0 Å². The predicted molar refractivity (Wildman–Crippen MR) is 92.2 cm³/mol. The Hall–Kier alpha value is -2.14. The number of rotatable bonds is 3. The number of hydrogen-bond acceptors (Lipinski definition) is 3. The molecule has 2 bridgehead atoms. The zero-order chi connectivity index (χ0) is 16.8. The molecule has 0 aromatic carbocycles. The van der Waals surface area contributed by atoms with Crippen molar-refractivity contribution in [2.75, 3.05) is 13.1 Å². The normalized spacial score (nSPS) is 23.1. The van der Waals surface area contributed by atoms with Gasteiger partial charge in [0.25, 0.3) is 5.56 Å². The molecule has 2 aliphatic rings. The molecule has 0 unspecified atom stereocenters. The van der Waals surface area contributed by atoms with E-state index in [4.69, 9.17) is 0 Å². The third kappa shape index (κ3) is 2.63. The zero-order valence-electron chi connectivity index (χ0n) is 14.2. The highest BCUT2D eigenvalue weighted by Crippen LogP contribution is 2.35. The van der Waals surface area contributed by atoms with Crippen LogP contribution in [-0.2, 0) is 20.1 Å². The van der Waals surface area contributed by atoms with Crippen LogP contribution in [0.5, 0.6) is 0 Å². The van der Waals surface area contributed by atoms with Crippen LogP contribution in [0.2, 0.25) is 0 Å². The molecule has 0 N–H and O–H groups in total. The van der Waals surface area contributed by atoms with E-state index < -0.39 is 0 Å². The Bertz CT molecular complexity index is 849. The van der Waals surface area contributed by atoms with E-state index in [9.17, 15) is 9.59 Å². The number of Topliss-reactive ketones (excluding diaryl/α,β-unsaturated/α-hetero) is 1. The monoisotopic (exact) mass is 325 g/mol. The molecule has 5 heteroatoms. The number of aromatic nitrogens is 2. The fourth-order valence-corrected chi connectivity index (χ4v) is 4.31. The van der Waals surface area contributed by atoms with Crippen molar-refractivity contribution in [1.82, 2.24) is 14.0 Å². The van der Waals surface area contributed by atoms with Crippen LogP contribution in [0, 0.1) is 5.92 Å². The topological polar surface area (TPSA) is 47.2 Å². The Morgan fingerprint density at radius 2 is 2.08 bits per heavy atom. The lowest BCUT2D eigenvalue weighted by Crippen LogP contribution is -2.46. The Balaban J connectivity index is 1.56. The van der Waals surface area contributed by atoms with Crippen LogP contribution >= 0.6 is 0 Å². The third-order valence-electron chi connectivity index (χ3n) is 5.46. The maximum Gasteiger partial charge on any atom is 0.250 e. The summed E-state index contributed by atoms with van der Waals surface area (Å²) < 4.78 is 4.02. The van der Waals surface area contributed by atoms with Gasteiger partial charge in [-0.15, -0.1) is 0 Å². The number of ketones is 1. The number of carbonyl (C=O) groups is 1. The van der Waals surface area contributed by atoms with Gasteiger partial charge in [-0.05, 0) is 31.4 Å². The van der Waals surface area contributed by atoms with Crippen molar-refractivity contribution in [2.24, 2.45) is 13.0 Å². The van der Waals surface area contributed by atoms with Gasteiger partial charge in [-0.2, -0.15) is 0 Å². The van der Waals surface area contributed by atoms with Gasteiger partial charge in [0.1, 0.15) is 0 Å². The van der Waals surface area contributed by atoms with Crippen molar-refractivity contribution in [3.05, 3.63) is 57.8 Å². The van der Waals surface area contributed by atoms with E-state index in [1.54, 1.807) is 13.0 Å². The summed E-state index contributed by atoms with van der Waals surface area (Å²) in [5, 5.41) is 0. The van der Waals surface area contributed by atoms with E-state index in [2.05, 4.69) is 15.5 Å². The van der Waals surface area contributed by atoms with Gasteiger partial charge in [-0.1, -0.05) is 6.07 Å². The smallest absolute Gasteiger partial charge is 0.250 e. The summed E-state index contributed by atoms with van der Waals surface area (Å²) in [4.78, 5) is 26.1. The van der Waals surface area contributed by atoms with Crippen LogP contribution in [-0.4, -0.2) is 32.9 Å². The first-order valence-electron chi connectivity index (χ1n) is 8.59. The minimum atomic E-state index is 0.112. The van der Waals surface area contributed by atoms with Crippen LogP contribution in [0.3, 0.4) is 0 Å². The van der Waals surface area contributed by atoms with Crippen LogP contribution in [0.4, 0.5) is 0 Å². The number of aryl methyl sites for hydroxylation is 1. The SMILES string of the molecule is CC(=O)c1cc(CN2C[C@H]3C[C@@H](C2)c2cccc(=O)n2C3)n(C)c1. The Morgan fingerprint density at radius 3 is 2.83 bits per heavy atom. The third-order valence-corrected chi connectivity index (χ3v) is 5.46. The maximum atomic E-state index is 12.1. The van der Waals surface area contributed by atoms with Crippen LogP contribution in [0.15, 0.2) is 35.3 Å². The van der Waals surface area contributed by atoms with Crippen LogP contribution in [0.1, 0.15) is 41.0 Å². The zero-order valence-corrected chi connectivity index (χ0v) is 14.2. The molecule has 0 radical (unpaired) electrons. The Labute approximate surface area is 141 Å². The van der Waals surface area contributed by atoms with Gasteiger partial charge in [0.05, 0.1) is 0 Å². The number of carbonyl (C=O) groups excluding carboxylic acids is 1. The van der Waals surface area contributed by atoms with Gasteiger partial charge in [0.15, 0.2) is 5.78 Å². The molecular weight excluding hydrogens is 302 g/mol. The molecule has 24 heavy (non-hydrogen) atoms. The quantitative estimate of drug-likeness (QED) is 0.811. The number of fused-ring (bicyclic) bond motifs is 4. The standard InChI is InChI=1S/C19H23N3O2/c1-13(23)15-7-17(20(2)10-15)12-21-8-14-6-16(11-21)18-4-3-5-19(24)22(18)9-14/h3-5,7,10,14,16H,6,8-9,11-12H2,1-2H3/t14-,16+/m1/s1. The van der Waals surface area contributed by atoms with Crippen molar-refractivity contribution in [3.63, 3.8) is 0 Å². The van der Waals surface area contributed by atoms with Gasteiger partial charge in [0, 0.05) is 68.4 Å². The second-order valence-corrected chi connectivity index (χ2v) is 7.28. The molecule has 126 valence electrons. The minimum absolute atomic E-state index is 0.112. The van der Waals surface area contributed by atoms with Gasteiger partial charge < -0.3 is 9.13 Å². The highest BCUT2D eigenvalue weighted by atomic mass is 16.1. The summed E-state index contributed by atoms with van der Waals surface area (Å²) in [6.07, 6.45) is 3.09. The van der Waals surface area contributed by atoms with E-state index >= 15 is 0 Å². The summed E-state index contributed by atoms with van der Waals surface area (Å²) in [5.74, 6) is 1.07. The maximum absolute atomic E-state index is 12.1. The second kappa shape index (κ2) is 5.74. The minimum Gasteiger partial charge on any atom is -0.353 e. The molecule has 2 aliphatic heterocycles. The van der Waals surface area contributed by atoms with E-state index in [1.807, 2.05) is 29.9 Å². The Kier molecular flexibility index (Phi) is 3.68. The molecular formula is C19H23N3O2. The molecule has 0 amide bonds. The number of piperidine rings is 1. The van der Waals surface area contributed by atoms with E-state index in [1.165, 1.54) is 17.8 Å². The largest absolute Gasteiger partial charge is 0.353 e. The molecule has 0 spiro atoms. The first-order valence-corrected chi connectivity index (χ1v) is 8.59. The molecule has 2 atom stereocenters. The van der Waals surface area contributed by atoms with E-state index in [-0.39, 0.29) is 11.3 Å². The van der Waals surface area contributed by atoms with Gasteiger partial charge in [-0.25, -0.2) is 0 Å². The van der Waals surface area contributed by atoms with Crippen molar-refractivity contribution in [3.8, 4) is 0 Å². The summed E-state index contributed by atoms with van der Waals surface area (Å²) >= 11 is 0. The molecule has 5 nitrogen and oxygen atoms in total. The van der Waals surface area contributed by atoms with Gasteiger partial charge >= 0.3 is 0 Å². The molecule has 1 fully saturated rings. The number of pyridine rings is 1. The van der Waals surface area contributed by atoms with Crippen molar-refractivity contribution in [2.45, 2.75) is 32.4 Å². The lowest BCUT2D eigenvalue weighted by atomic mass is 9.83. The van der Waals surface area contributed by atoms with Crippen molar-refractivity contribution in [1.29, 1.82) is 0 Å². The van der Waals surface area contributed by atoms with Crippen molar-refractivity contribution >= 4 is 5.78 Å². The van der Waals surface area contributed by atoms with E-state index in [0.29, 0.717) is 11.8 Å². The average molecular weight is 325 g/mol. The first kappa shape index (κ1) is 15.4. The molecule has 2 aromatic rings. The summed E-state index contributed by atoms with van der Waals surface area (Å²) in [5.41, 5.74) is 3.26. The van der Waals surface area contributed by atoms with Gasteiger partial charge in [-0.3, -0.25) is 14.5 Å². The van der Waals surface area contributed by atoms with Crippen LogP contribution < -0.4 is 5.56 Å². The molecule has 4 rings (SSSR count). The van der Waals surface area contributed by atoms with Gasteiger partial charge in [0.2, 0.25) is 0 Å². The fraction of sp³-hybridized carbons (Fsp3) is 0.474. The molecule has 0 aliphatic carbocycles. The summed E-state index contributed by atoms with van der Waals surface area (Å²) in [7, 11) is 2.00. The molecule has 2 aromatic heterocycles. The Morgan fingerprint density at radius 1 is 1.25 bits per heavy atom. The highest BCUT2D eigenvalue weighted by Gasteiger charge is 2.34. The second-order valence-electron chi connectivity index (χ2n) is 7.28. The highest BCUT2D eigenvalue weighted by molar-refractivity contribution is 5.94. The molecule has 0 saturated carbocycles. The molecule has 4 heterocycles. The predicted octanol–water partition coefficient (Wildman–Crippen LogP) is 2.01. The molecule has 1 saturated heterocycles. The lowest BCUT2D eigenvalue weighted by Gasteiger charge is -2.42. The number of hydrogen-bond donors (Lipinski definition) is 0. The number of likely N-dealkylation sites (tertiary alicyclic amines) is 1. The first-order chi connectivity index (χ1) is 11.5. The number of nitrogens with zero attached hydrogens (tertiary/aromatic N) is 3.